The second-order valence-corrected chi connectivity index (χ2v) is 3.85. The van der Waals surface area contributed by atoms with Crippen LogP contribution in [0.5, 0.6) is 0 Å². The summed E-state index contributed by atoms with van der Waals surface area (Å²) in [7, 11) is -2.42. The Balaban J connectivity index is 3.60. The average Bonchev–Trinajstić information content (AvgIpc) is 1.30. The van der Waals surface area contributed by atoms with Crippen LogP contribution < -0.4 is 0 Å². The topological polar surface area (TPSA) is 61.2 Å². The maximum Gasteiger partial charge on any atom is 0.0555 e. The van der Waals surface area contributed by atoms with Crippen LogP contribution in [0.25, 0.3) is 0 Å². The molecule has 0 saturated heterocycles. The van der Waals surface area contributed by atoms with E-state index in [1.54, 1.807) is 0 Å². The molecule has 1 atom stereocenters. The van der Waals surface area contributed by atoms with Crippen molar-refractivity contribution >= 4 is 9.73 Å². The normalized spacial score (nSPS) is 18.6. The SMILES string of the molecule is C[S@](=N)(=O)CCO. The lowest BCUT2D eigenvalue weighted by Crippen LogP contribution is -2.04. The zero-order valence-corrected chi connectivity index (χ0v) is 4.99. The lowest BCUT2D eigenvalue weighted by molar-refractivity contribution is 0.321. The van der Waals surface area contributed by atoms with Crippen molar-refractivity contribution in [1.82, 2.24) is 0 Å². The zero-order chi connectivity index (χ0) is 5.91. The number of rotatable bonds is 2. The Labute approximate surface area is 43.3 Å². The maximum absolute atomic E-state index is 10.3. The first-order valence-electron chi connectivity index (χ1n) is 1.88. The van der Waals surface area contributed by atoms with Gasteiger partial charge < -0.3 is 5.11 Å². The van der Waals surface area contributed by atoms with E-state index in [2.05, 4.69) is 0 Å². The fourth-order valence-electron chi connectivity index (χ4n) is 0.174. The van der Waals surface area contributed by atoms with E-state index in [0.717, 1.165) is 0 Å². The average molecular weight is 123 g/mol. The number of hydrogen-bond donors (Lipinski definition) is 2. The van der Waals surface area contributed by atoms with Crippen LogP contribution in [0, 0.1) is 4.78 Å². The smallest absolute Gasteiger partial charge is 0.0555 e. The Morgan fingerprint density at radius 3 is 2.29 bits per heavy atom. The molecule has 0 rings (SSSR count). The molecule has 0 heterocycles. The van der Waals surface area contributed by atoms with Crippen LogP contribution in [0.2, 0.25) is 0 Å². The third-order valence-corrected chi connectivity index (χ3v) is 1.44. The molecule has 0 spiro atoms. The van der Waals surface area contributed by atoms with Crippen molar-refractivity contribution in [2.45, 2.75) is 0 Å². The summed E-state index contributed by atoms with van der Waals surface area (Å²) >= 11 is 0. The van der Waals surface area contributed by atoms with E-state index in [0.29, 0.717) is 0 Å². The Morgan fingerprint density at radius 2 is 2.29 bits per heavy atom. The molecular formula is C3H9NO2S. The molecule has 0 aliphatic carbocycles. The highest BCUT2D eigenvalue weighted by molar-refractivity contribution is 7.91. The molecule has 0 aliphatic rings. The van der Waals surface area contributed by atoms with Crippen LogP contribution in [-0.4, -0.2) is 27.9 Å². The number of nitrogens with one attached hydrogen (secondary N) is 1. The van der Waals surface area contributed by atoms with Gasteiger partial charge in [0.1, 0.15) is 0 Å². The molecule has 4 heteroatoms. The van der Waals surface area contributed by atoms with Crippen LogP contribution >= 0.6 is 0 Å². The van der Waals surface area contributed by atoms with Crippen molar-refractivity contribution in [3.05, 3.63) is 0 Å². The number of hydrogen-bond acceptors (Lipinski definition) is 3. The van der Waals surface area contributed by atoms with Gasteiger partial charge in [-0.3, -0.25) is 8.99 Å². The lowest BCUT2D eigenvalue weighted by atomic mass is 10.9. The molecule has 44 valence electrons. The minimum absolute atomic E-state index is 0.0903. The molecular weight excluding hydrogens is 114 g/mol. The summed E-state index contributed by atoms with van der Waals surface area (Å²) in [6.07, 6.45) is 1.31. The van der Waals surface area contributed by atoms with Gasteiger partial charge in [0.05, 0.1) is 12.4 Å². The van der Waals surface area contributed by atoms with Gasteiger partial charge in [0.25, 0.3) is 0 Å². The predicted octanol–water partition coefficient (Wildman–Crippen LogP) is -0.345. The van der Waals surface area contributed by atoms with E-state index < -0.39 is 9.73 Å². The second kappa shape index (κ2) is 2.28. The summed E-state index contributed by atoms with van der Waals surface area (Å²) in [5.74, 6) is 0.0903. The van der Waals surface area contributed by atoms with Gasteiger partial charge in [-0.25, -0.2) is 0 Å². The molecule has 0 aromatic heterocycles. The highest BCUT2D eigenvalue weighted by Crippen LogP contribution is 1.79. The van der Waals surface area contributed by atoms with Crippen LogP contribution in [0.4, 0.5) is 0 Å². The first-order chi connectivity index (χ1) is 3.06. The molecule has 0 amide bonds. The first-order valence-corrected chi connectivity index (χ1v) is 4.02. The summed E-state index contributed by atoms with van der Waals surface area (Å²) in [5, 5.41) is 8.10. The van der Waals surface area contributed by atoms with Gasteiger partial charge >= 0.3 is 0 Å². The van der Waals surface area contributed by atoms with E-state index in [4.69, 9.17) is 9.89 Å². The van der Waals surface area contributed by atoms with Gasteiger partial charge in [-0.2, -0.15) is 0 Å². The Morgan fingerprint density at radius 1 is 1.86 bits per heavy atom. The van der Waals surface area contributed by atoms with Crippen molar-refractivity contribution < 1.29 is 9.32 Å². The molecule has 0 unspecified atom stereocenters. The quantitative estimate of drug-likeness (QED) is 0.527. The first kappa shape index (κ1) is 6.91. The number of aliphatic hydroxyl groups excluding tert-OH is 1. The zero-order valence-electron chi connectivity index (χ0n) is 4.18. The lowest BCUT2D eigenvalue weighted by Gasteiger charge is -1.91. The highest BCUT2D eigenvalue weighted by atomic mass is 32.2. The van der Waals surface area contributed by atoms with Crippen molar-refractivity contribution in [2.24, 2.45) is 0 Å². The van der Waals surface area contributed by atoms with E-state index in [1.807, 2.05) is 0 Å². The molecule has 7 heavy (non-hydrogen) atoms. The molecule has 0 radical (unpaired) electrons. The Hall–Kier alpha value is -0.0900. The van der Waals surface area contributed by atoms with Gasteiger partial charge in [-0.1, -0.05) is 0 Å². The van der Waals surface area contributed by atoms with Crippen molar-refractivity contribution in [3.63, 3.8) is 0 Å². The molecule has 3 nitrogen and oxygen atoms in total. The molecule has 0 aromatic rings. The Kier molecular flexibility index (Phi) is 2.25. The third-order valence-electron chi connectivity index (χ3n) is 0.481. The molecule has 0 fully saturated rings. The molecule has 0 aliphatic heterocycles. The molecule has 0 aromatic carbocycles. The maximum atomic E-state index is 10.3. The van der Waals surface area contributed by atoms with E-state index in [1.165, 1.54) is 6.26 Å². The van der Waals surface area contributed by atoms with Crippen molar-refractivity contribution in [1.29, 1.82) is 4.78 Å². The van der Waals surface area contributed by atoms with E-state index in [9.17, 15) is 4.21 Å². The summed E-state index contributed by atoms with van der Waals surface area (Å²) in [6.45, 7) is -0.154. The van der Waals surface area contributed by atoms with Gasteiger partial charge in [0.2, 0.25) is 0 Å². The van der Waals surface area contributed by atoms with Crippen LogP contribution in [0.1, 0.15) is 0 Å². The minimum atomic E-state index is -2.42. The highest BCUT2D eigenvalue weighted by Gasteiger charge is 1.91. The van der Waals surface area contributed by atoms with Crippen LogP contribution in [0.3, 0.4) is 0 Å². The van der Waals surface area contributed by atoms with E-state index >= 15 is 0 Å². The molecule has 0 saturated carbocycles. The third kappa shape index (κ3) is 5.91. The monoisotopic (exact) mass is 123 g/mol. The minimum Gasteiger partial charge on any atom is -0.395 e. The summed E-state index contributed by atoms with van der Waals surface area (Å²) in [5.41, 5.74) is 0. The fourth-order valence-corrected chi connectivity index (χ4v) is 0.523. The Bertz CT molecular complexity index is 126. The summed E-state index contributed by atoms with van der Waals surface area (Å²) < 4.78 is 17.0. The van der Waals surface area contributed by atoms with E-state index in [-0.39, 0.29) is 12.4 Å². The molecule has 2 N–H and O–H groups in total. The van der Waals surface area contributed by atoms with Crippen molar-refractivity contribution in [3.8, 4) is 0 Å². The second-order valence-electron chi connectivity index (χ2n) is 1.43. The van der Waals surface area contributed by atoms with Gasteiger partial charge in [-0.05, 0) is 0 Å². The number of aliphatic hydroxyl groups is 1. The van der Waals surface area contributed by atoms with Gasteiger partial charge in [-0.15, -0.1) is 0 Å². The summed E-state index contributed by atoms with van der Waals surface area (Å²) in [4.78, 5) is 0. The fraction of sp³-hybridized carbons (Fsp3) is 1.00. The van der Waals surface area contributed by atoms with Gasteiger partial charge in [0, 0.05) is 16.0 Å². The predicted molar refractivity (Wildman–Crippen MR) is 28.7 cm³/mol. The largest absolute Gasteiger partial charge is 0.395 e. The standard InChI is InChI=1S/C3H9NO2S/c1-7(4,6)3-2-5/h4-5H,2-3H2,1H3/t7-/m0/s1. The van der Waals surface area contributed by atoms with Crippen molar-refractivity contribution in [2.75, 3.05) is 18.6 Å². The van der Waals surface area contributed by atoms with Crippen LogP contribution in [-0.2, 0) is 9.73 Å². The molecule has 0 bridgehead atoms. The van der Waals surface area contributed by atoms with Crippen LogP contribution in [0.15, 0.2) is 0 Å². The summed E-state index contributed by atoms with van der Waals surface area (Å²) in [6, 6.07) is 0. The van der Waals surface area contributed by atoms with Gasteiger partial charge in [0.15, 0.2) is 0 Å².